The van der Waals surface area contributed by atoms with Gasteiger partial charge in [0.15, 0.2) is 0 Å². The Morgan fingerprint density at radius 3 is 2.64 bits per heavy atom. The molecule has 2 aromatic heterocycles. The number of hydrogen-bond donors (Lipinski definition) is 1. The van der Waals surface area contributed by atoms with Gasteiger partial charge in [0.25, 0.3) is 0 Å². The molecule has 1 atom stereocenters. The molecule has 1 saturated heterocycles. The van der Waals surface area contributed by atoms with E-state index in [9.17, 15) is 9.18 Å². The van der Waals surface area contributed by atoms with Crippen LogP contribution in [0.5, 0.6) is 0 Å². The number of benzene rings is 1. The molecule has 146 valence electrons. The van der Waals surface area contributed by atoms with Crippen molar-refractivity contribution in [2.45, 2.75) is 19.5 Å². The van der Waals surface area contributed by atoms with Gasteiger partial charge in [0.1, 0.15) is 11.5 Å². The molecule has 3 aromatic rings. The third-order valence-electron chi connectivity index (χ3n) is 5.27. The van der Waals surface area contributed by atoms with Crippen molar-refractivity contribution in [1.29, 1.82) is 0 Å². The van der Waals surface area contributed by atoms with Crippen molar-refractivity contribution in [2.75, 3.05) is 31.5 Å². The van der Waals surface area contributed by atoms with Crippen LogP contribution in [0.4, 0.5) is 10.1 Å². The lowest BCUT2D eigenvalue weighted by Gasteiger charge is -2.37. The molecule has 1 fully saturated rings. The number of rotatable bonds is 5. The van der Waals surface area contributed by atoms with Gasteiger partial charge in [0.2, 0.25) is 5.91 Å². The van der Waals surface area contributed by atoms with Gasteiger partial charge >= 0.3 is 0 Å². The number of carbonyl (C=O) groups is 1. The molecule has 0 spiro atoms. The highest BCUT2D eigenvalue weighted by Gasteiger charge is 2.26. The van der Waals surface area contributed by atoms with E-state index >= 15 is 0 Å². The first kappa shape index (κ1) is 18.6. The van der Waals surface area contributed by atoms with Crippen LogP contribution in [-0.2, 0) is 11.3 Å². The molecule has 1 amide bonds. The highest BCUT2D eigenvalue weighted by atomic mass is 19.1. The number of aromatic nitrogens is 2. The molecule has 1 aliphatic heterocycles. The molecular weight excluding hydrogens is 357 g/mol. The van der Waals surface area contributed by atoms with Crippen LogP contribution in [0.25, 0.3) is 5.65 Å². The fraction of sp³-hybridized carbons (Fsp3) is 0.333. The van der Waals surface area contributed by atoms with Crippen molar-refractivity contribution in [3.05, 3.63) is 66.4 Å². The third-order valence-corrected chi connectivity index (χ3v) is 5.27. The van der Waals surface area contributed by atoms with E-state index in [0.717, 1.165) is 44.1 Å². The zero-order valence-electron chi connectivity index (χ0n) is 15.9. The number of halogens is 1. The number of pyridine rings is 1. The molecule has 7 heteroatoms. The molecule has 1 N–H and O–H groups in total. The van der Waals surface area contributed by atoms with Crippen LogP contribution in [-0.4, -0.2) is 57.3 Å². The minimum Gasteiger partial charge on any atom is -0.322 e. The second kappa shape index (κ2) is 8.08. The number of anilines is 1. The molecular formula is C21H24FN5O. The van der Waals surface area contributed by atoms with E-state index in [1.165, 1.54) is 6.07 Å². The molecule has 0 radical (unpaired) electrons. The van der Waals surface area contributed by atoms with Crippen LogP contribution in [0.1, 0.15) is 12.6 Å². The Bertz CT molecular complexity index is 931. The average Bonchev–Trinajstić information content (AvgIpc) is 3.12. The number of nitrogens with zero attached hydrogens (tertiary/aromatic N) is 4. The van der Waals surface area contributed by atoms with Crippen molar-refractivity contribution >= 4 is 17.2 Å². The van der Waals surface area contributed by atoms with Gasteiger partial charge in [-0.2, -0.15) is 0 Å². The summed E-state index contributed by atoms with van der Waals surface area (Å²) in [5.74, 6) is -0.598. The molecule has 1 aliphatic rings. The van der Waals surface area contributed by atoms with E-state index in [-0.39, 0.29) is 17.6 Å². The smallest absolute Gasteiger partial charge is 0.241 e. The van der Waals surface area contributed by atoms with Gasteiger partial charge < -0.3 is 9.72 Å². The lowest BCUT2D eigenvalue weighted by Crippen LogP contribution is -2.52. The second-order valence-corrected chi connectivity index (χ2v) is 7.16. The molecule has 0 saturated carbocycles. The number of piperazine rings is 1. The highest BCUT2D eigenvalue weighted by Crippen LogP contribution is 2.15. The quantitative estimate of drug-likeness (QED) is 0.738. The van der Waals surface area contributed by atoms with E-state index in [2.05, 4.69) is 26.3 Å². The topological polar surface area (TPSA) is 52.9 Å². The fourth-order valence-electron chi connectivity index (χ4n) is 3.57. The van der Waals surface area contributed by atoms with E-state index in [4.69, 9.17) is 0 Å². The van der Waals surface area contributed by atoms with Crippen LogP contribution in [0, 0.1) is 5.82 Å². The van der Waals surface area contributed by atoms with Crippen molar-refractivity contribution in [2.24, 2.45) is 0 Å². The number of nitrogens with one attached hydrogen (secondary N) is 1. The minimum atomic E-state index is -0.416. The van der Waals surface area contributed by atoms with Crippen molar-refractivity contribution in [1.82, 2.24) is 19.2 Å². The molecule has 1 aromatic carbocycles. The number of hydrogen-bond acceptors (Lipinski definition) is 4. The van der Waals surface area contributed by atoms with E-state index in [1.54, 1.807) is 18.2 Å². The molecule has 0 bridgehead atoms. The number of imidazole rings is 1. The summed E-state index contributed by atoms with van der Waals surface area (Å²) in [5.41, 5.74) is 2.23. The Labute approximate surface area is 163 Å². The van der Waals surface area contributed by atoms with Gasteiger partial charge in [-0.15, -0.1) is 0 Å². The first-order valence-electron chi connectivity index (χ1n) is 9.54. The summed E-state index contributed by atoms with van der Waals surface area (Å²) in [4.78, 5) is 21.6. The molecule has 6 nitrogen and oxygen atoms in total. The lowest BCUT2D eigenvalue weighted by molar-refractivity contribution is -0.121. The standard InChI is InChI=1S/C21H24FN5O/c1-16(21(28)24-19-7-3-2-6-18(19)22)26-12-10-25(11-13-26)14-17-15-27-9-5-4-8-20(27)23-17/h2-9,15-16H,10-14H2,1H3,(H,24,28). The fourth-order valence-corrected chi connectivity index (χ4v) is 3.57. The Morgan fingerprint density at radius 1 is 1.14 bits per heavy atom. The van der Waals surface area contributed by atoms with Crippen LogP contribution in [0.15, 0.2) is 54.9 Å². The first-order chi connectivity index (χ1) is 13.6. The summed E-state index contributed by atoms with van der Waals surface area (Å²) in [6, 6.07) is 11.9. The van der Waals surface area contributed by atoms with Crippen LogP contribution >= 0.6 is 0 Å². The molecule has 4 rings (SSSR count). The average molecular weight is 381 g/mol. The maximum atomic E-state index is 13.7. The van der Waals surface area contributed by atoms with E-state index in [0.29, 0.717) is 0 Å². The SMILES string of the molecule is CC(C(=O)Nc1ccccc1F)N1CCN(Cc2cn3ccccc3n2)CC1. The predicted molar refractivity (Wildman–Crippen MR) is 107 cm³/mol. The molecule has 0 aliphatic carbocycles. The summed E-state index contributed by atoms with van der Waals surface area (Å²) in [5, 5.41) is 2.69. The molecule has 28 heavy (non-hydrogen) atoms. The van der Waals surface area contributed by atoms with Crippen LogP contribution < -0.4 is 5.32 Å². The molecule has 3 heterocycles. The van der Waals surface area contributed by atoms with Crippen molar-refractivity contribution in [3.8, 4) is 0 Å². The highest BCUT2D eigenvalue weighted by molar-refractivity contribution is 5.94. The van der Waals surface area contributed by atoms with Gasteiger partial charge in [0.05, 0.1) is 17.4 Å². The van der Waals surface area contributed by atoms with E-state index < -0.39 is 5.82 Å². The Morgan fingerprint density at radius 2 is 1.89 bits per heavy atom. The number of para-hydroxylation sites is 1. The largest absolute Gasteiger partial charge is 0.322 e. The van der Waals surface area contributed by atoms with Gasteiger partial charge in [-0.3, -0.25) is 14.6 Å². The normalized spacial score (nSPS) is 16.9. The lowest BCUT2D eigenvalue weighted by atomic mass is 10.2. The Hall–Kier alpha value is -2.77. The maximum Gasteiger partial charge on any atom is 0.241 e. The van der Waals surface area contributed by atoms with E-state index in [1.807, 2.05) is 35.7 Å². The number of amides is 1. The van der Waals surface area contributed by atoms with Gasteiger partial charge in [-0.05, 0) is 31.2 Å². The number of fused-ring (bicyclic) bond motifs is 1. The molecule has 1 unspecified atom stereocenters. The van der Waals surface area contributed by atoms with Gasteiger partial charge in [-0.25, -0.2) is 9.37 Å². The summed E-state index contributed by atoms with van der Waals surface area (Å²) in [6.07, 6.45) is 4.06. The third kappa shape index (κ3) is 4.05. The van der Waals surface area contributed by atoms with Crippen molar-refractivity contribution < 1.29 is 9.18 Å². The second-order valence-electron chi connectivity index (χ2n) is 7.16. The first-order valence-corrected chi connectivity index (χ1v) is 9.54. The summed E-state index contributed by atoms with van der Waals surface area (Å²) in [6.45, 7) is 5.98. The maximum absolute atomic E-state index is 13.7. The van der Waals surface area contributed by atoms with Gasteiger partial charge in [0, 0.05) is 45.1 Å². The predicted octanol–water partition coefficient (Wildman–Crippen LogP) is 2.62. The zero-order chi connectivity index (χ0) is 19.5. The monoisotopic (exact) mass is 381 g/mol. The summed E-state index contributed by atoms with van der Waals surface area (Å²) in [7, 11) is 0. The zero-order valence-corrected chi connectivity index (χ0v) is 15.9. The Balaban J connectivity index is 1.30. The van der Waals surface area contributed by atoms with Crippen molar-refractivity contribution in [3.63, 3.8) is 0 Å². The van der Waals surface area contributed by atoms with Crippen LogP contribution in [0.3, 0.4) is 0 Å². The summed E-state index contributed by atoms with van der Waals surface area (Å²) >= 11 is 0. The Kier molecular flexibility index (Phi) is 5.36. The minimum absolute atomic E-state index is 0.182. The van der Waals surface area contributed by atoms with Crippen LogP contribution in [0.2, 0.25) is 0 Å². The summed E-state index contributed by atoms with van der Waals surface area (Å²) < 4.78 is 15.8. The number of carbonyl (C=O) groups excluding carboxylic acids is 1. The van der Waals surface area contributed by atoms with Gasteiger partial charge in [-0.1, -0.05) is 18.2 Å².